The fourth-order valence-electron chi connectivity index (χ4n) is 11.5. The van der Waals surface area contributed by atoms with E-state index in [9.17, 15) is 19.8 Å². The van der Waals surface area contributed by atoms with Gasteiger partial charge < -0.3 is 20.3 Å². The lowest BCUT2D eigenvalue weighted by molar-refractivity contribution is -0.143. The van der Waals surface area contributed by atoms with E-state index in [-0.39, 0.29) is 18.5 Å². The zero-order valence-corrected chi connectivity index (χ0v) is 53.6. The van der Waals surface area contributed by atoms with Crippen LogP contribution in [0.4, 0.5) is 0 Å². The van der Waals surface area contributed by atoms with Gasteiger partial charge in [-0.15, -0.1) is 0 Å². The number of nitrogens with one attached hydrogen (secondary N) is 1. The van der Waals surface area contributed by atoms with Gasteiger partial charge in [-0.3, -0.25) is 9.59 Å². The van der Waals surface area contributed by atoms with Crippen LogP contribution in [0, 0.1) is 0 Å². The Kier molecular flexibility index (Phi) is 67.4. The van der Waals surface area contributed by atoms with Crippen LogP contribution in [-0.2, 0) is 14.3 Å². The van der Waals surface area contributed by atoms with Crippen molar-refractivity contribution in [1.82, 2.24) is 5.32 Å². The smallest absolute Gasteiger partial charge is 0.305 e. The summed E-state index contributed by atoms with van der Waals surface area (Å²) in [4.78, 5) is 24.7. The molecule has 468 valence electrons. The maximum absolute atomic E-state index is 12.6. The number of rotatable bonds is 68. The number of hydrogen-bond acceptors (Lipinski definition) is 5. The normalized spacial score (nSPS) is 12.6. The van der Waals surface area contributed by atoms with Crippen LogP contribution in [0.1, 0.15) is 406 Å². The molecule has 0 aliphatic rings. The van der Waals surface area contributed by atoms with E-state index in [2.05, 4.69) is 43.5 Å². The van der Waals surface area contributed by atoms with Crippen molar-refractivity contribution >= 4 is 11.9 Å². The number of ether oxygens (including phenoxy) is 1. The fourth-order valence-corrected chi connectivity index (χ4v) is 11.5. The Hall–Kier alpha value is -1.66. The van der Waals surface area contributed by atoms with Gasteiger partial charge in [0.05, 0.1) is 25.4 Å². The molecule has 3 N–H and O–H groups in total. The predicted octanol–water partition coefficient (Wildman–Crippen LogP) is 23.3. The highest BCUT2D eigenvalue weighted by molar-refractivity contribution is 5.76. The highest BCUT2D eigenvalue weighted by Gasteiger charge is 2.20. The summed E-state index contributed by atoms with van der Waals surface area (Å²) in [5.74, 6) is -0.0320. The third-order valence-corrected chi connectivity index (χ3v) is 17.0. The van der Waals surface area contributed by atoms with E-state index in [1.807, 2.05) is 0 Å². The molecule has 79 heavy (non-hydrogen) atoms. The topological polar surface area (TPSA) is 95.9 Å². The van der Waals surface area contributed by atoms with Gasteiger partial charge >= 0.3 is 5.97 Å². The van der Waals surface area contributed by atoms with Crippen LogP contribution in [0.2, 0.25) is 0 Å². The van der Waals surface area contributed by atoms with Crippen molar-refractivity contribution in [3.8, 4) is 0 Å². The Bertz CT molecular complexity index is 1230. The number of carbonyl (C=O) groups is 2. The summed E-state index contributed by atoms with van der Waals surface area (Å²) in [5, 5.41) is 23.4. The summed E-state index contributed by atoms with van der Waals surface area (Å²) in [7, 11) is 0. The molecule has 0 radical (unpaired) electrons. The van der Waals surface area contributed by atoms with Crippen LogP contribution in [0.5, 0.6) is 0 Å². The van der Waals surface area contributed by atoms with Gasteiger partial charge in [0.25, 0.3) is 0 Å². The zero-order chi connectivity index (χ0) is 57.1. The molecule has 0 saturated heterocycles. The molecule has 0 spiro atoms. The highest BCUT2D eigenvalue weighted by Crippen LogP contribution is 2.19. The number of amides is 1. The van der Waals surface area contributed by atoms with Crippen LogP contribution in [0.3, 0.4) is 0 Å². The number of aliphatic hydroxyl groups is 2. The summed E-state index contributed by atoms with van der Waals surface area (Å²) in [6.45, 7) is 4.98. The van der Waals surface area contributed by atoms with Gasteiger partial charge in [-0.1, -0.05) is 340 Å². The summed E-state index contributed by atoms with van der Waals surface area (Å²) < 4.78 is 5.50. The quantitative estimate of drug-likeness (QED) is 0.0320. The molecule has 0 aromatic carbocycles. The number of esters is 1. The summed E-state index contributed by atoms with van der Waals surface area (Å²) >= 11 is 0. The monoisotopic (exact) mass is 1110 g/mol. The van der Waals surface area contributed by atoms with E-state index in [0.717, 1.165) is 44.9 Å². The Morgan fingerprint density at radius 3 is 0.899 bits per heavy atom. The van der Waals surface area contributed by atoms with Crippen LogP contribution in [0.25, 0.3) is 0 Å². The third-order valence-electron chi connectivity index (χ3n) is 17.0. The second kappa shape index (κ2) is 68.8. The van der Waals surface area contributed by atoms with Crippen LogP contribution in [-0.4, -0.2) is 47.4 Å². The second-order valence-corrected chi connectivity index (χ2v) is 24.9. The van der Waals surface area contributed by atoms with Crippen LogP contribution in [0.15, 0.2) is 24.3 Å². The average Bonchev–Trinajstić information content (AvgIpc) is 3.45. The molecule has 0 aromatic rings. The van der Waals surface area contributed by atoms with Crippen molar-refractivity contribution in [2.24, 2.45) is 0 Å². The first-order valence-corrected chi connectivity index (χ1v) is 36.1. The lowest BCUT2D eigenvalue weighted by Gasteiger charge is -2.22. The van der Waals surface area contributed by atoms with E-state index < -0.39 is 12.1 Å². The average molecular weight is 1110 g/mol. The molecule has 6 heteroatoms. The van der Waals surface area contributed by atoms with Gasteiger partial charge in [0.1, 0.15) is 0 Å². The van der Waals surface area contributed by atoms with Crippen molar-refractivity contribution < 1.29 is 24.5 Å². The van der Waals surface area contributed by atoms with Gasteiger partial charge in [-0.25, -0.2) is 0 Å². The van der Waals surface area contributed by atoms with E-state index in [4.69, 9.17) is 4.74 Å². The first kappa shape index (κ1) is 77.3. The Balaban J connectivity index is 3.41. The summed E-state index contributed by atoms with van der Waals surface area (Å²) in [5.41, 5.74) is 0. The molecular formula is C73H141NO5. The molecule has 2 unspecified atom stereocenters. The minimum Gasteiger partial charge on any atom is -0.466 e. The minimum atomic E-state index is -0.671. The van der Waals surface area contributed by atoms with Gasteiger partial charge in [-0.2, -0.15) is 0 Å². The molecular weight excluding hydrogens is 971 g/mol. The molecule has 0 aliphatic heterocycles. The van der Waals surface area contributed by atoms with Crippen molar-refractivity contribution in [3.63, 3.8) is 0 Å². The van der Waals surface area contributed by atoms with Gasteiger partial charge in [0.2, 0.25) is 5.91 Å². The molecule has 0 bridgehead atoms. The zero-order valence-electron chi connectivity index (χ0n) is 53.6. The molecule has 0 saturated carbocycles. The fraction of sp³-hybridized carbons (Fsp3) is 0.918. The van der Waals surface area contributed by atoms with E-state index in [0.29, 0.717) is 25.9 Å². The van der Waals surface area contributed by atoms with Crippen molar-refractivity contribution in [3.05, 3.63) is 24.3 Å². The number of aliphatic hydroxyl groups excluding tert-OH is 2. The lowest BCUT2D eigenvalue weighted by Crippen LogP contribution is -2.45. The molecule has 0 aromatic heterocycles. The van der Waals surface area contributed by atoms with Crippen LogP contribution < -0.4 is 5.32 Å². The first-order chi connectivity index (χ1) is 39.0. The Morgan fingerprint density at radius 2 is 0.595 bits per heavy atom. The second-order valence-electron chi connectivity index (χ2n) is 24.9. The number of allylic oxidation sites excluding steroid dienone is 4. The van der Waals surface area contributed by atoms with Gasteiger partial charge in [0.15, 0.2) is 0 Å². The number of hydrogen-bond donors (Lipinski definition) is 3. The highest BCUT2D eigenvalue weighted by atomic mass is 16.5. The van der Waals surface area contributed by atoms with E-state index >= 15 is 0 Å². The molecule has 0 heterocycles. The minimum absolute atomic E-state index is 0.00701. The van der Waals surface area contributed by atoms with E-state index in [1.54, 1.807) is 0 Å². The first-order valence-electron chi connectivity index (χ1n) is 36.1. The molecule has 0 rings (SSSR count). The third kappa shape index (κ3) is 65.4. The molecule has 6 nitrogen and oxygen atoms in total. The molecule has 2 atom stereocenters. The maximum Gasteiger partial charge on any atom is 0.305 e. The number of unbranched alkanes of at least 4 members (excludes halogenated alkanes) is 53. The van der Waals surface area contributed by atoms with E-state index in [1.165, 1.54) is 327 Å². The van der Waals surface area contributed by atoms with Gasteiger partial charge in [-0.05, 0) is 77.0 Å². The summed E-state index contributed by atoms with van der Waals surface area (Å²) in [6.07, 6.45) is 86.5. The maximum atomic E-state index is 12.6. The van der Waals surface area contributed by atoms with Crippen molar-refractivity contribution in [2.75, 3.05) is 13.2 Å². The summed E-state index contributed by atoms with van der Waals surface area (Å²) in [6, 6.07) is -0.549. The van der Waals surface area contributed by atoms with Crippen LogP contribution >= 0.6 is 0 Å². The molecule has 0 fully saturated rings. The van der Waals surface area contributed by atoms with Gasteiger partial charge in [0, 0.05) is 12.8 Å². The molecule has 0 aliphatic carbocycles. The Labute approximate surface area is 494 Å². The van der Waals surface area contributed by atoms with Crippen molar-refractivity contribution in [1.29, 1.82) is 0 Å². The lowest BCUT2D eigenvalue weighted by atomic mass is 10.0. The van der Waals surface area contributed by atoms with Crippen molar-refractivity contribution in [2.45, 2.75) is 418 Å². The molecule has 1 amide bonds. The standard InChI is InChI=1S/C73H141NO5/c1-3-5-7-9-11-13-15-17-19-21-23-24-25-26-30-33-37-41-45-49-53-57-61-65-71(76)70(69-75)74-72(77)66-62-58-54-50-46-42-38-34-31-27-28-32-36-40-44-48-52-56-60-64-68-79-73(78)67-63-59-55-51-47-43-39-35-29-22-20-18-16-14-12-10-8-6-4-2/h18,20,27,31,70-71,75-76H,3-17,19,21-26,28-30,32-69H2,1-2H3,(H,74,77)/b20-18-,31-27-. The number of carbonyl (C=O) groups excluding carboxylic acids is 2. The Morgan fingerprint density at radius 1 is 0.342 bits per heavy atom. The SMILES string of the molecule is CCCCCCCC/C=C\CCCCCCCCCCCC(=O)OCCCCCCCCCCC/C=C\CCCCCCCCCC(=O)NC(CO)C(O)CCCCCCCCCCCCCCCCCCCCCCCCC. The largest absolute Gasteiger partial charge is 0.466 e. The predicted molar refractivity (Wildman–Crippen MR) is 347 cm³/mol.